The fraction of sp³-hybridized carbons (Fsp3) is 0.545. The van der Waals surface area contributed by atoms with Gasteiger partial charge in [0.25, 0.3) is 0 Å². The highest BCUT2D eigenvalue weighted by molar-refractivity contribution is 6.01. The van der Waals surface area contributed by atoms with E-state index in [1.54, 1.807) is 4.68 Å². The van der Waals surface area contributed by atoms with Crippen LogP contribution in [0.15, 0.2) is 30.5 Å². The Morgan fingerprint density at radius 1 is 1.21 bits per heavy atom. The Bertz CT molecular complexity index is 969. The molecule has 2 aromatic rings. The lowest BCUT2D eigenvalue weighted by Gasteiger charge is -2.58. The normalized spacial score (nSPS) is 35.1. The first-order valence-electron chi connectivity index (χ1n) is 10.3. The lowest BCUT2D eigenvalue weighted by molar-refractivity contribution is -0.158. The van der Waals surface area contributed by atoms with E-state index in [2.05, 4.69) is 10.4 Å². The Kier molecular flexibility index (Phi) is 3.18. The number of amides is 1. The van der Waals surface area contributed by atoms with Crippen molar-refractivity contribution >= 4 is 23.1 Å². The van der Waals surface area contributed by atoms with Crippen molar-refractivity contribution in [3.8, 4) is 0 Å². The number of hydrogen-bond acceptors (Lipinski definition) is 3. The molecule has 1 aromatic heterocycles. The van der Waals surface area contributed by atoms with E-state index in [1.165, 1.54) is 0 Å². The van der Waals surface area contributed by atoms with Crippen molar-refractivity contribution in [2.75, 3.05) is 10.2 Å². The number of halogens is 1. The van der Waals surface area contributed by atoms with Crippen LogP contribution in [0.4, 0.5) is 21.6 Å². The minimum atomic E-state index is -1.14. The van der Waals surface area contributed by atoms with Gasteiger partial charge in [-0.15, -0.1) is 0 Å². The minimum Gasteiger partial charge on any atom is -0.338 e. The Morgan fingerprint density at radius 3 is 2.71 bits per heavy atom. The highest BCUT2D eigenvalue weighted by Crippen LogP contribution is 2.63. The summed E-state index contributed by atoms with van der Waals surface area (Å²) >= 11 is 0. The Hall–Kier alpha value is -2.37. The van der Waals surface area contributed by atoms with Crippen LogP contribution in [0.5, 0.6) is 0 Å². The summed E-state index contributed by atoms with van der Waals surface area (Å²) in [5.74, 6) is 1.75. The molecule has 4 bridgehead atoms. The maximum absolute atomic E-state index is 15.5. The Balaban J connectivity index is 1.44. The van der Waals surface area contributed by atoms with E-state index >= 15 is 4.39 Å². The lowest BCUT2D eigenvalue weighted by Crippen LogP contribution is -2.59. The van der Waals surface area contributed by atoms with E-state index in [0.29, 0.717) is 37.6 Å². The van der Waals surface area contributed by atoms with Gasteiger partial charge in [0, 0.05) is 12.6 Å². The predicted octanol–water partition coefficient (Wildman–Crippen LogP) is 4.32. The van der Waals surface area contributed by atoms with E-state index in [-0.39, 0.29) is 5.91 Å². The van der Waals surface area contributed by atoms with Gasteiger partial charge in [0.15, 0.2) is 0 Å². The third kappa shape index (κ3) is 2.23. The zero-order valence-electron chi connectivity index (χ0n) is 16.1. The number of nitrogens with one attached hydrogen (secondary N) is 1. The largest absolute Gasteiger partial charge is 0.338 e. The molecule has 7 rings (SSSR count). The maximum Gasteiger partial charge on any atom is 0.233 e. The lowest BCUT2D eigenvalue weighted by atomic mass is 9.48. The highest BCUT2D eigenvalue weighted by atomic mass is 19.1. The SMILES string of the molecule is Cn1ncc2c1Nc1ccccc1N(C(=O)C13C[C@@H]4C[C@@H](CC(F)(C4)C1)C3)C2. The number of nitrogens with zero attached hydrogens (tertiary/aromatic N) is 3. The van der Waals surface area contributed by atoms with E-state index < -0.39 is 11.1 Å². The monoisotopic (exact) mass is 380 g/mol. The van der Waals surface area contributed by atoms with Crippen molar-refractivity contribution in [2.45, 2.75) is 50.7 Å². The molecule has 0 spiro atoms. The summed E-state index contributed by atoms with van der Waals surface area (Å²) in [7, 11) is 1.90. The summed E-state index contributed by atoms with van der Waals surface area (Å²) in [5, 5.41) is 7.82. The Labute approximate surface area is 163 Å². The molecular weight excluding hydrogens is 355 g/mol. The number of carbonyl (C=O) groups is 1. The van der Waals surface area contributed by atoms with Crippen LogP contribution in [0.25, 0.3) is 0 Å². The van der Waals surface area contributed by atoms with Crippen LogP contribution in [0.1, 0.15) is 44.1 Å². The van der Waals surface area contributed by atoms with Crippen molar-refractivity contribution in [1.82, 2.24) is 9.78 Å². The molecule has 28 heavy (non-hydrogen) atoms. The molecule has 6 heteroatoms. The van der Waals surface area contributed by atoms with Crippen LogP contribution in [-0.4, -0.2) is 21.4 Å². The smallest absolute Gasteiger partial charge is 0.233 e. The molecule has 1 amide bonds. The molecule has 5 nitrogen and oxygen atoms in total. The molecule has 1 aromatic carbocycles. The van der Waals surface area contributed by atoms with Gasteiger partial charge in [-0.05, 0) is 62.5 Å². The number of hydrogen-bond donors (Lipinski definition) is 1. The molecule has 2 heterocycles. The number of anilines is 3. The second-order valence-electron chi connectivity index (χ2n) is 9.57. The topological polar surface area (TPSA) is 50.2 Å². The van der Waals surface area contributed by atoms with Crippen molar-refractivity contribution in [1.29, 1.82) is 0 Å². The fourth-order valence-corrected chi connectivity index (χ4v) is 6.83. The van der Waals surface area contributed by atoms with Gasteiger partial charge in [-0.25, -0.2) is 4.39 Å². The first-order valence-corrected chi connectivity index (χ1v) is 10.3. The van der Waals surface area contributed by atoms with Crippen LogP contribution in [0.3, 0.4) is 0 Å². The number of carbonyl (C=O) groups excluding carboxylic acids is 1. The number of fused-ring (bicyclic) bond motifs is 2. The van der Waals surface area contributed by atoms with Gasteiger partial charge in [0.05, 0.1) is 29.5 Å². The molecule has 4 atom stereocenters. The van der Waals surface area contributed by atoms with Gasteiger partial charge in [-0.1, -0.05) is 12.1 Å². The number of para-hydroxylation sites is 2. The average molecular weight is 380 g/mol. The Morgan fingerprint density at radius 2 is 1.96 bits per heavy atom. The van der Waals surface area contributed by atoms with E-state index in [4.69, 9.17) is 0 Å². The van der Waals surface area contributed by atoms with Crippen LogP contribution >= 0.6 is 0 Å². The predicted molar refractivity (Wildman–Crippen MR) is 105 cm³/mol. The summed E-state index contributed by atoms with van der Waals surface area (Å²) in [6.07, 6.45) is 6.33. The number of benzene rings is 1. The second kappa shape index (κ2) is 5.37. The molecule has 0 saturated heterocycles. The van der Waals surface area contributed by atoms with Crippen LogP contribution in [-0.2, 0) is 18.4 Å². The van der Waals surface area contributed by atoms with Crippen LogP contribution < -0.4 is 10.2 Å². The summed E-state index contributed by atoms with van der Waals surface area (Å²) in [6, 6.07) is 7.92. The van der Waals surface area contributed by atoms with Gasteiger partial charge in [-0.2, -0.15) is 5.10 Å². The highest BCUT2D eigenvalue weighted by Gasteiger charge is 2.62. The molecule has 4 fully saturated rings. The van der Waals surface area contributed by atoms with Crippen LogP contribution in [0.2, 0.25) is 0 Å². The number of aryl methyl sites for hydroxylation is 1. The van der Waals surface area contributed by atoms with Gasteiger partial charge >= 0.3 is 0 Å². The third-order valence-electron chi connectivity index (χ3n) is 7.48. The van der Waals surface area contributed by atoms with Gasteiger partial charge in [0.2, 0.25) is 5.91 Å². The summed E-state index contributed by atoms with van der Waals surface area (Å²) < 4.78 is 17.3. The third-order valence-corrected chi connectivity index (χ3v) is 7.48. The molecule has 4 saturated carbocycles. The van der Waals surface area contributed by atoms with Gasteiger partial charge < -0.3 is 10.2 Å². The summed E-state index contributed by atoms with van der Waals surface area (Å²) in [4.78, 5) is 15.9. The molecular formula is C22H25FN4O. The minimum absolute atomic E-state index is 0.106. The molecule has 0 radical (unpaired) electrons. The first kappa shape index (κ1) is 16.6. The number of aromatic nitrogens is 2. The molecule has 146 valence electrons. The second-order valence-corrected chi connectivity index (χ2v) is 9.57. The van der Waals surface area contributed by atoms with Crippen molar-refractivity contribution in [3.05, 3.63) is 36.0 Å². The molecule has 1 aliphatic heterocycles. The van der Waals surface area contributed by atoms with E-state index in [0.717, 1.165) is 42.0 Å². The van der Waals surface area contributed by atoms with Crippen molar-refractivity contribution < 1.29 is 9.18 Å². The molecule has 5 aliphatic rings. The maximum atomic E-state index is 15.5. The number of rotatable bonds is 1. The van der Waals surface area contributed by atoms with Gasteiger partial charge in [-0.3, -0.25) is 9.48 Å². The molecule has 1 N–H and O–H groups in total. The standard InChI is InChI=1S/C22H25FN4O/c1-26-19-16(11-24-26)12-27(18-5-3-2-4-17(18)25-19)20(28)21-7-14-6-15(8-21)10-22(23,9-14)13-21/h2-5,11,14-15,25H,6-10,12-13H2,1H3/t14-,15+,21?,22?. The fourth-order valence-electron chi connectivity index (χ4n) is 6.83. The van der Waals surface area contributed by atoms with E-state index in [1.807, 2.05) is 42.4 Å². The number of alkyl halides is 1. The zero-order chi connectivity index (χ0) is 19.1. The molecule has 4 aliphatic carbocycles. The van der Waals surface area contributed by atoms with Crippen molar-refractivity contribution in [2.24, 2.45) is 24.3 Å². The summed E-state index contributed by atoms with van der Waals surface area (Å²) in [5.41, 5.74) is 1.10. The average Bonchev–Trinajstić information content (AvgIpc) is 2.89. The quantitative estimate of drug-likeness (QED) is 0.802. The first-order chi connectivity index (χ1) is 13.4. The van der Waals surface area contributed by atoms with Crippen LogP contribution in [0, 0.1) is 17.3 Å². The van der Waals surface area contributed by atoms with Gasteiger partial charge in [0.1, 0.15) is 11.5 Å². The van der Waals surface area contributed by atoms with Crippen molar-refractivity contribution in [3.63, 3.8) is 0 Å². The summed E-state index contributed by atoms with van der Waals surface area (Å²) in [6.45, 7) is 0.475. The zero-order valence-corrected chi connectivity index (χ0v) is 16.1. The van der Waals surface area contributed by atoms with E-state index in [9.17, 15) is 4.79 Å². The molecule has 2 unspecified atom stereocenters.